The van der Waals surface area contributed by atoms with E-state index < -0.39 is 0 Å². The van der Waals surface area contributed by atoms with Gasteiger partial charge in [0.15, 0.2) is 0 Å². The summed E-state index contributed by atoms with van der Waals surface area (Å²) in [5, 5.41) is 8.87. The zero-order valence-electron chi connectivity index (χ0n) is 7.45. The SMILES string of the molecule is Cc1ccc(C2CC2)n1CCO. The predicted molar refractivity (Wildman–Crippen MR) is 48.2 cm³/mol. The van der Waals surface area contributed by atoms with Gasteiger partial charge in [0.2, 0.25) is 0 Å². The molecule has 0 bridgehead atoms. The fourth-order valence-corrected chi connectivity index (χ4v) is 1.73. The Balaban J connectivity index is 2.26. The number of nitrogens with zero attached hydrogens (tertiary/aromatic N) is 1. The zero-order chi connectivity index (χ0) is 8.55. The number of aliphatic hydroxyl groups is 1. The maximum Gasteiger partial charge on any atom is 0.0610 e. The van der Waals surface area contributed by atoms with E-state index in [1.165, 1.54) is 24.2 Å². The van der Waals surface area contributed by atoms with E-state index in [0.29, 0.717) is 0 Å². The van der Waals surface area contributed by atoms with Crippen LogP contribution in [-0.4, -0.2) is 16.3 Å². The molecular formula is C10H15NO. The number of aliphatic hydroxyl groups excluding tert-OH is 1. The first-order valence-electron chi connectivity index (χ1n) is 4.60. The molecule has 0 spiro atoms. The van der Waals surface area contributed by atoms with Crippen LogP contribution in [-0.2, 0) is 6.54 Å². The number of hydrogen-bond donors (Lipinski definition) is 1. The van der Waals surface area contributed by atoms with E-state index in [1.807, 2.05) is 0 Å². The third-order valence-electron chi connectivity index (χ3n) is 2.55. The van der Waals surface area contributed by atoms with Crippen LogP contribution < -0.4 is 0 Å². The summed E-state index contributed by atoms with van der Waals surface area (Å²) >= 11 is 0. The highest BCUT2D eigenvalue weighted by Gasteiger charge is 2.26. The first kappa shape index (κ1) is 7.87. The summed E-state index contributed by atoms with van der Waals surface area (Å²) in [4.78, 5) is 0. The molecule has 12 heavy (non-hydrogen) atoms. The second-order valence-corrected chi connectivity index (χ2v) is 3.55. The van der Waals surface area contributed by atoms with Crippen molar-refractivity contribution in [3.8, 4) is 0 Å². The van der Waals surface area contributed by atoms with Crippen molar-refractivity contribution < 1.29 is 5.11 Å². The molecule has 0 aromatic carbocycles. The van der Waals surface area contributed by atoms with Gasteiger partial charge in [0.1, 0.15) is 0 Å². The number of aryl methyl sites for hydroxylation is 1. The number of rotatable bonds is 3. The molecule has 1 aromatic heterocycles. The van der Waals surface area contributed by atoms with Gasteiger partial charge in [0.05, 0.1) is 6.61 Å². The van der Waals surface area contributed by atoms with Crippen LogP contribution in [0.3, 0.4) is 0 Å². The minimum Gasteiger partial charge on any atom is -0.395 e. The van der Waals surface area contributed by atoms with E-state index >= 15 is 0 Å². The van der Waals surface area contributed by atoms with E-state index in [2.05, 4.69) is 23.6 Å². The molecule has 0 saturated heterocycles. The molecule has 2 rings (SSSR count). The fraction of sp³-hybridized carbons (Fsp3) is 0.600. The van der Waals surface area contributed by atoms with Gasteiger partial charge in [-0.1, -0.05) is 0 Å². The van der Waals surface area contributed by atoms with Gasteiger partial charge in [-0.2, -0.15) is 0 Å². The lowest BCUT2D eigenvalue weighted by atomic mass is 10.3. The Morgan fingerprint density at radius 1 is 1.50 bits per heavy atom. The quantitative estimate of drug-likeness (QED) is 0.724. The van der Waals surface area contributed by atoms with Crippen LogP contribution in [0.1, 0.15) is 30.1 Å². The van der Waals surface area contributed by atoms with Crippen molar-refractivity contribution in [2.45, 2.75) is 32.2 Å². The van der Waals surface area contributed by atoms with Crippen molar-refractivity contribution in [2.24, 2.45) is 0 Å². The Bertz CT molecular complexity index is 273. The Hall–Kier alpha value is -0.760. The maximum atomic E-state index is 8.87. The molecule has 1 fully saturated rings. The molecule has 0 amide bonds. The summed E-state index contributed by atoms with van der Waals surface area (Å²) in [5.41, 5.74) is 2.69. The largest absolute Gasteiger partial charge is 0.395 e. The summed E-state index contributed by atoms with van der Waals surface area (Å²) in [5.74, 6) is 0.783. The molecule has 1 aromatic rings. The van der Waals surface area contributed by atoms with E-state index in [9.17, 15) is 0 Å². The lowest BCUT2D eigenvalue weighted by molar-refractivity contribution is 0.273. The van der Waals surface area contributed by atoms with Gasteiger partial charge >= 0.3 is 0 Å². The molecule has 2 heteroatoms. The van der Waals surface area contributed by atoms with Crippen molar-refractivity contribution in [2.75, 3.05) is 6.61 Å². The molecule has 2 nitrogen and oxygen atoms in total. The van der Waals surface area contributed by atoms with Crippen LogP contribution in [0.25, 0.3) is 0 Å². The molecular weight excluding hydrogens is 150 g/mol. The van der Waals surface area contributed by atoms with Crippen molar-refractivity contribution in [1.82, 2.24) is 4.57 Å². The van der Waals surface area contributed by atoms with Crippen LogP contribution in [0.2, 0.25) is 0 Å². The summed E-state index contributed by atoms with van der Waals surface area (Å²) in [7, 11) is 0. The van der Waals surface area contributed by atoms with Gasteiger partial charge in [-0.15, -0.1) is 0 Å². The second kappa shape index (κ2) is 2.94. The van der Waals surface area contributed by atoms with E-state index in [1.54, 1.807) is 0 Å². The third kappa shape index (κ3) is 1.27. The van der Waals surface area contributed by atoms with E-state index in [-0.39, 0.29) is 6.61 Å². The average molecular weight is 165 g/mol. The zero-order valence-corrected chi connectivity index (χ0v) is 7.45. The van der Waals surface area contributed by atoms with Crippen molar-refractivity contribution in [3.63, 3.8) is 0 Å². The average Bonchev–Trinajstić information content (AvgIpc) is 2.82. The van der Waals surface area contributed by atoms with Crippen molar-refractivity contribution in [3.05, 3.63) is 23.5 Å². The Kier molecular flexibility index (Phi) is 1.93. The molecule has 0 radical (unpaired) electrons. The highest BCUT2D eigenvalue weighted by atomic mass is 16.3. The number of aromatic nitrogens is 1. The monoisotopic (exact) mass is 165 g/mol. The fourth-order valence-electron chi connectivity index (χ4n) is 1.73. The molecule has 1 heterocycles. The molecule has 1 saturated carbocycles. The molecule has 66 valence electrons. The standard InChI is InChI=1S/C10H15NO/c1-8-2-5-10(9-3-4-9)11(8)6-7-12/h2,5,9,12H,3-4,6-7H2,1H3. The summed E-state index contributed by atoms with van der Waals surface area (Å²) in [6, 6.07) is 4.34. The van der Waals surface area contributed by atoms with Gasteiger partial charge in [0, 0.05) is 17.9 Å². The lowest BCUT2D eigenvalue weighted by Crippen LogP contribution is -2.06. The Morgan fingerprint density at radius 2 is 2.25 bits per heavy atom. The Labute approximate surface area is 72.8 Å². The van der Waals surface area contributed by atoms with E-state index in [4.69, 9.17) is 5.11 Å². The first-order valence-corrected chi connectivity index (χ1v) is 4.60. The summed E-state index contributed by atoms with van der Waals surface area (Å²) in [6.45, 7) is 3.10. The van der Waals surface area contributed by atoms with E-state index in [0.717, 1.165) is 12.5 Å². The van der Waals surface area contributed by atoms with Crippen molar-refractivity contribution >= 4 is 0 Å². The highest BCUT2D eigenvalue weighted by molar-refractivity contribution is 5.22. The molecule has 1 aliphatic rings. The smallest absolute Gasteiger partial charge is 0.0610 e. The van der Waals surface area contributed by atoms with Crippen LogP contribution in [0.4, 0.5) is 0 Å². The van der Waals surface area contributed by atoms with Gasteiger partial charge in [-0.05, 0) is 37.8 Å². The minimum absolute atomic E-state index is 0.245. The lowest BCUT2D eigenvalue weighted by Gasteiger charge is -2.08. The first-order chi connectivity index (χ1) is 5.83. The van der Waals surface area contributed by atoms with Crippen LogP contribution >= 0.6 is 0 Å². The molecule has 0 atom stereocenters. The topological polar surface area (TPSA) is 25.2 Å². The minimum atomic E-state index is 0.245. The van der Waals surface area contributed by atoms with Gasteiger partial charge in [0.25, 0.3) is 0 Å². The summed E-state index contributed by atoms with van der Waals surface area (Å²) in [6.07, 6.45) is 2.66. The third-order valence-corrected chi connectivity index (χ3v) is 2.55. The molecule has 1 N–H and O–H groups in total. The number of hydrogen-bond acceptors (Lipinski definition) is 1. The highest BCUT2D eigenvalue weighted by Crippen LogP contribution is 2.40. The van der Waals surface area contributed by atoms with Crippen LogP contribution in [0.15, 0.2) is 12.1 Å². The van der Waals surface area contributed by atoms with Gasteiger partial charge < -0.3 is 9.67 Å². The normalized spacial score (nSPS) is 16.8. The second-order valence-electron chi connectivity index (χ2n) is 3.55. The predicted octanol–water partition coefficient (Wildman–Crippen LogP) is 1.67. The van der Waals surface area contributed by atoms with Gasteiger partial charge in [-0.25, -0.2) is 0 Å². The van der Waals surface area contributed by atoms with Gasteiger partial charge in [-0.3, -0.25) is 0 Å². The molecule has 1 aliphatic carbocycles. The van der Waals surface area contributed by atoms with Crippen molar-refractivity contribution in [1.29, 1.82) is 0 Å². The maximum absolute atomic E-state index is 8.87. The van der Waals surface area contributed by atoms with Crippen LogP contribution in [0, 0.1) is 6.92 Å². The Morgan fingerprint density at radius 3 is 2.83 bits per heavy atom. The van der Waals surface area contributed by atoms with Crippen LogP contribution in [0.5, 0.6) is 0 Å². The summed E-state index contributed by atoms with van der Waals surface area (Å²) < 4.78 is 2.23. The molecule has 0 aliphatic heterocycles. The molecule has 0 unspecified atom stereocenters.